The molecule has 2 nitrogen and oxygen atoms in total. The van der Waals surface area contributed by atoms with Gasteiger partial charge in [-0.3, -0.25) is 0 Å². The second-order valence-corrected chi connectivity index (χ2v) is 7.25. The number of benzene rings is 1. The van der Waals surface area contributed by atoms with Gasteiger partial charge >= 0.3 is 0 Å². The molecule has 0 bridgehead atoms. The number of nitrogens with one attached hydrogen (secondary N) is 1. The summed E-state index contributed by atoms with van der Waals surface area (Å²) in [4.78, 5) is 2.25. The molecule has 0 saturated carbocycles. The Bertz CT molecular complexity index is 482. The van der Waals surface area contributed by atoms with Crippen molar-refractivity contribution in [3.8, 4) is 0 Å². The highest BCUT2D eigenvalue weighted by Gasteiger charge is 2.33. The normalized spacial score (nSPS) is 23.2. The fraction of sp³-hybridized carbons (Fsp3) is 0.625. The van der Waals surface area contributed by atoms with Crippen molar-refractivity contribution < 1.29 is 4.39 Å². The summed E-state index contributed by atoms with van der Waals surface area (Å²) >= 11 is 12.6. The molecule has 0 aromatic heterocycles. The van der Waals surface area contributed by atoms with Crippen LogP contribution in [0.3, 0.4) is 0 Å². The van der Waals surface area contributed by atoms with E-state index in [2.05, 4.69) is 37.9 Å². The van der Waals surface area contributed by atoms with Crippen molar-refractivity contribution in [2.45, 2.75) is 39.8 Å². The van der Waals surface area contributed by atoms with Crippen LogP contribution in [0, 0.1) is 17.7 Å². The van der Waals surface area contributed by atoms with E-state index in [4.69, 9.17) is 23.2 Å². The largest absolute Gasteiger partial charge is 0.363 e. The summed E-state index contributed by atoms with van der Waals surface area (Å²) in [7, 11) is 0. The van der Waals surface area contributed by atoms with E-state index in [9.17, 15) is 4.39 Å². The van der Waals surface area contributed by atoms with E-state index in [0.717, 1.165) is 18.8 Å². The third-order valence-electron chi connectivity index (χ3n) is 4.23. The van der Waals surface area contributed by atoms with Crippen molar-refractivity contribution in [2.24, 2.45) is 11.8 Å². The zero-order valence-corrected chi connectivity index (χ0v) is 14.5. The Labute approximate surface area is 136 Å². The molecular formula is C16H23Cl2FN2. The molecule has 1 aromatic rings. The standard InChI is InChI=1S/C16H23Cl2FN2/c1-9(2)14-8-21(15(7-20-14)10(3)4)16-12(17)5-11(19)6-13(16)18/h5-6,9-10,14-15,20H,7-8H2,1-4H3. The third kappa shape index (κ3) is 3.64. The van der Waals surface area contributed by atoms with Gasteiger partial charge in [-0.05, 0) is 24.0 Å². The number of rotatable bonds is 3. The van der Waals surface area contributed by atoms with Gasteiger partial charge in [0, 0.05) is 25.2 Å². The van der Waals surface area contributed by atoms with E-state index >= 15 is 0 Å². The molecule has 1 fully saturated rings. The van der Waals surface area contributed by atoms with Crippen LogP contribution < -0.4 is 10.2 Å². The molecule has 0 amide bonds. The summed E-state index contributed by atoms with van der Waals surface area (Å²) in [6.45, 7) is 10.5. The highest BCUT2D eigenvalue weighted by atomic mass is 35.5. The van der Waals surface area contributed by atoms with E-state index in [-0.39, 0.29) is 0 Å². The van der Waals surface area contributed by atoms with Crippen molar-refractivity contribution in [1.29, 1.82) is 0 Å². The van der Waals surface area contributed by atoms with Crippen molar-refractivity contribution in [3.63, 3.8) is 0 Å². The van der Waals surface area contributed by atoms with Gasteiger partial charge in [0.15, 0.2) is 0 Å². The molecule has 2 atom stereocenters. The average molecular weight is 333 g/mol. The van der Waals surface area contributed by atoms with Gasteiger partial charge in [0.1, 0.15) is 5.82 Å². The molecule has 2 unspecified atom stereocenters. The first-order valence-electron chi connectivity index (χ1n) is 7.45. The van der Waals surface area contributed by atoms with Gasteiger partial charge in [-0.25, -0.2) is 4.39 Å². The predicted molar refractivity (Wildman–Crippen MR) is 89.0 cm³/mol. The Hall–Kier alpha value is -0.510. The number of halogens is 3. The fourth-order valence-electron chi connectivity index (χ4n) is 2.90. The highest BCUT2D eigenvalue weighted by Crippen LogP contribution is 2.38. The van der Waals surface area contributed by atoms with Crippen molar-refractivity contribution >= 4 is 28.9 Å². The lowest BCUT2D eigenvalue weighted by molar-refractivity contribution is 0.295. The van der Waals surface area contributed by atoms with Crippen molar-refractivity contribution in [3.05, 3.63) is 28.0 Å². The monoisotopic (exact) mass is 332 g/mol. The Kier molecular flexibility index (Phi) is 5.39. The molecule has 0 aliphatic carbocycles. The van der Waals surface area contributed by atoms with Gasteiger partial charge < -0.3 is 10.2 Å². The van der Waals surface area contributed by atoms with Gasteiger partial charge in [-0.15, -0.1) is 0 Å². The first-order chi connectivity index (χ1) is 9.81. The highest BCUT2D eigenvalue weighted by molar-refractivity contribution is 6.39. The lowest BCUT2D eigenvalue weighted by Crippen LogP contribution is -2.60. The molecule has 2 rings (SSSR count). The van der Waals surface area contributed by atoms with Crippen LogP contribution in [0.2, 0.25) is 10.0 Å². The quantitative estimate of drug-likeness (QED) is 0.870. The third-order valence-corrected chi connectivity index (χ3v) is 4.80. The molecule has 0 spiro atoms. The maximum atomic E-state index is 13.4. The van der Waals surface area contributed by atoms with Gasteiger partial charge in [-0.2, -0.15) is 0 Å². The number of hydrogen-bond acceptors (Lipinski definition) is 2. The van der Waals surface area contributed by atoms with Crippen LogP contribution in [-0.2, 0) is 0 Å². The van der Waals surface area contributed by atoms with Gasteiger partial charge in [-0.1, -0.05) is 50.9 Å². The van der Waals surface area contributed by atoms with E-state index in [1.54, 1.807) is 0 Å². The van der Waals surface area contributed by atoms with Crippen LogP contribution in [0.25, 0.3) is 0 Å². The molecule has 118 valence electrons. The first-order valence-corrected chi connectivity index (χ1v) is 8.21. The van der Waals surface area contributed by atoms with Crippen LogP contribution in [0.1, 0.15) is 27.7 Å². The summed E-state index contributed by atoms with van der Waals surface area (Å²) in [5.74, 6) is 0.562. The Morgan fingerprint density at radius 3 is 2.19 bits per heavy atom. The second-order valence-electron chi connectivity index (χ2n) is 6.44. The Morgan fingerprint density at radius 1 is 1.14 bits per heavy atom. The molecule has 1 aliphatic heterocycles. The molecule has 1 aromatic carbocycles. The molecule has 21 heavy (non-hydrogen) atoms. The van der Waals surface area contributed by atoms with E-state index in [0.29, 0.717) is 34.0 Å². The van der Waals surface area contributed by atoms with Crippen LogP contribution in [-0.4, -0.2) is 25.2 Å². The lowest BCUT2D eigenvalue weighted by Gasteiger charge is -2.45. The van der Waals surface area contributed by atoms with Crippen molar-refractivity contribution in [2.75, 3.05) is 18.0 Å². The zero-order valence-electron chi connectivity index (χ0n) is 13.0. The Morgan fingerprint density at radius 2 is 1.71 bits per heavy atom. The van der Waals surface area contributed by atoms with Crippen molar-refractivity contribution in [1.82, 2.24) is 5.32 Å². The van der Waals surface area contributed by atoms with Crippen LogP contribution in [0.15, 0.2) is 12.1 Å². The zero-order chi connectivity index (χ0) is 15.7. The first kappa shape index (κ1) is 16.9. The molecule has 1 N–H and O–H groups in total. The maximum Gasteiger partial charge on any atom is 0.126 e. The summed E-state index contributed by atoms with van der Waals surface area (Å²) in [5.41, 5.74) is 0.755. The molecule has 5 heteroatoms. The number of hydrogen-bond donors (Lipinski definition) is 1. The molecule has 1 heterocycles. The predicted octanol–water partition coefficient (Wildman–Crippen LogP) is 4.59. The van der Waals surface area contributed by atoms with Crippen LogP contribution >= 0.6 is 23.2 Å². The number of nitrogens with zero attached hydrogens (tertiary/aromatic N) is 1. The molecule has 1 saturated heterocycles. The SMILES string of the molecule is CC(C)C1CN(c2c(Cl)cc(F)cc2Cl)C(C(C)C)CN1. The minimum Gasteiger partial charge on any atom is -0.363 e. The minimum absolute atomic E-state index is 0.292. The average Bonchev–Trinajstić information content (AvgIpc) is 2.36. The van der Waals surface area contributed by atoms with E-state index < -0.39 is 5.82 Å². The van der Waals surface area contributed by atoms with Gasteiger partial charge in [0.25, 0.3) is 0 Å². The molecular weight excluding hydrogens is 310 g/mol. The summed E-state index contributed by atoms with van der Waals surface area (Å²) in [6.07, 6.45) is 0. The minimum atomic E-state index is -0.398. The van der Waals surface area contributed by atoms with Crippen LogP contribution in [0.5, 0.6) is 0 Å². The van der Waals surface area contributed by atoms with E-state index in [1.165, 1.54) is 12.1 Å². The fourth-order valence-corrected chi connectivity index (χ4v) is 3.58. The van der Waals surface area contributed by atoms with Crippen LogP contribution in [0.4, 0.5) is 10.1 Å². The summed E-state index contributed by atoms with van der Waals surface area (Å²) in [6, 6.07) is 3.34. The molecule has 1 aliphatic rings. The smallest absolute Gasteiger partial charge is 0.126 e. The second kappa shape index (κ2) is 6.72. The summed E-state index contributed by atoms with van der Waals surface area (Å²) in [5, 5.41) is 4.37. The Balaban J connectivity index is 2.40. The van der Waals surface area contributed by atoms with Gasteiger partial charge in [0.05, 0.1) is 15.7 Å². The maximum absolute atomic E-state index is 13.4. The topological polar surface area (TPSA) is 15.3 Å². The summed E-state index contributed by atoms with van der Waals surface area (Å²) < 4.78 is 13.4. The number of piperazine rings is 1. The van der Waals surface area contributed by atoms with Gasteiger partial charge in [0.2, 0.25) is 0 Å². The number of anilines is 1. The molecule has 0 radical (unpaired) electrons. The van der Waals surface area contributed by atoms with E-state index in [1.807, 2.05) is 0 Å². The lowest BCUT2D eigenvalue weighted by atomic mass is 9.93.